The number of likely N-dealkylation sites (tertiary alicyclic amines) is 1. The Morgan fingerprint density at radius 1 is 1.35 bits per heavy atom. The first kappa shape index (κ1) is 15.3. The Morgan fingerprint density at radius 2 is 2.26 bits per heavy atom. The van der Waals surface area contributed by atoms with E-state index in [4.69, 9.17) is 0 Å². The highest BCUT2D eigenvalue weighted by molar-refractivity contribution is 5.92. The summed E-state index contributed by atoms with van der Waals surface area (Å²) < 4.78 is 0. The Hall–Kier alpha value is -2.57. The fraction of sp³-hybridized carbons (Fsp3) is 0.438. The summed E-state index contributed by atoms with van der Waals surface area (Å²) >= 11 is 0. The maximum atomic E-state index is 12.5. The maximum absolute atomic E-state index is 12.5. The van der Waals surface area contributed by atoms with Gasteiger partial charge in [0.1, 0.15) is 11.5 Å². The number of nitrogens with one attached hydrogen (secondary N) is 1. The minimum absolute atomic E-state index is 0.0422. The molecule has 1 N–H and O–H groups in total. The molecule has 0 aromatic carbocycles. The first-order valence-electron chi connectivity index (χ1n) is 7.82. The molecule has 1 unspecified atom stereocenters. The van der Waals surface area contributed by atoms with E-state index >= 15 is 0 Å². The van der Waals surface area contributed by atoms with Gasteiger partial charge in [-0.05, 0) is 37.3 Å². The highest BCUT2D eigenvalue weighted by Gasteiger charge is 2.25. The zero-order valence-corrected chi connectivity index (χ0v) is 13.1. The smallest absolute Gasteiger partial charge is 0.274 e. The van der Waals surface area contributed by atoms with Crippen molar-refractivity contribution < 1.29 is 4.79 Å². The zero-order chi connectivity index (χ0) is 16.1. The summed E-state index contributed by atoms with van der Waals surface area (Å²) in [6, 6.07) is 3.91. The van der Waals surface area contributed by atoms with Gasteiger partial charge in [0.25, 0.3) is 5.91 Å². The van der Waals surface area contributed by atoms with Gasteiger partial charge in [0.15, 0.2) is 0 Å². The standard InChI is InChI=1S/C16H20N6O/c1-17-15-5-4-13(20-21-15)9-12-3-2-8-22(11-12)16(23)14-10-18-6-7-19-14/h4-7,10,12H,2-3,8-9,11H2,1H3,(H,17,21). The van der Waals surface area contributed by atoms with Crippen LogP contribution in [-0.4, -0.2) is 51.1 Å². The number of rotatable bonds is 4. The minimum atomic E-state index is -0.0422. The summed E-state index contributed by atoms with van der Waals surface area (Å²) in [4.78, 5) is 22.4. The predicted molar refractivity (Wildman–Crippen MR) is 85.9 cm³/mol. The van der Waals surface area contributed by atoms with E-state index in [0.717, 1.165) is 43.9 Å². The predicted octanol–water partition coefficient (Wildman–Crippen LogP) is 1.40. The maximum Gasteiger partial charge on any atom is 0.274 e. The summed E-state index contributed by atoms with van der Waals surface area (Å²) in [6.45, 7) is 1.50. The fourth-order valence-electron chi connectivity index (χ4n) is 2.89. The van der Waals surface area contributed by atoms with Crippen molar-refractivity contribution in [1.82, 2.24) is 25.1 Å². The number of amides is 1. The molecule has 1 aliphatic rings. The van der Waals surface area contributed by atoms with E-state index in [1.54, 1.807) is 12.4 Å². The van der Waals surface area contributed by atoms with Gasteiger partial charge in [0, 0.05) is 32.5 Å². The van der Waals surface area contributed by atoms with E-state index in [9.17, 15) is 4.79 Å². The van der Waals surface area contributed by atoms with E-state index < -0.39 is 0 Å². The molecule has 0 spiro atoms. The number of aromatic nitrogens is 4. The Labute approximate surface area is 135 Å². The second-order valence-corrected chi connectivity index (χ2v) is 5.71. The Balaban J connectivity index is 1.62. The molecule has 3 heterocycles. The van der Waals surface area contributed by atoms with Crippen molar-refractivity contribution in [1.29, 1.82) is 0 Å². The van der Waals surface area contributed by atoms with Crippen LogP contribution in [0.15, 0.2) is 30.7 Å². The van der Waals surface area contributed by atoms with Crippen molar-refractivity contribution in [2.45, 2.75) is 19.3 Å². The van der Waals surface area contributed by atoms with Crippen LogP contribution in [0.25, 0.3) is 0 Å². The van der Waals surface area contributed by atoms with Gasteiger partial charge in [-0.1, -0.05) is 0 Å². The van der Waals surface area contributed by atoms with Gasteiger partial charge in [-0.3, -0.25) is 9.78 Å². The normalized spacial score (nSPS) is 17.8. The van der Waals surface area contributed by atoms with Crippen LogP contribution in [0.2, 0.25) is 0 Å². The Kier molecular flexibility index (Phi) is 4.75. The minimum Gasteiger partial charge on any atom is -0.372 e. The highest BCUT2D eigenvalue weighted by Crippen LogP contribution is 2.21. The average molecular weight is 312 g/mol. The number of hydrogen-bond acceptors (Lipinski definition) is 6. The molecular formula is C16H20N6O. The molecule has 7 nitrogen and oxygen atoms in total. The first-order chi connectivity index (χ1) is 11.3. The Bertz CT molecular complexity index is 645. The SMILES string of the molecule is CNc1ccc(CC2CCCN(C(=O)c3cnccn3)C2)nn1. The van der Waals surface area contributed by atoms with E-state index in [1.165, 1.54) is 6.20 Å². The number of carbonyl (C=O) groups is 1. The molecule has 1 fully saturated rings. The third-order valence-electron chi connectivity index (χ3n) is 4.06. The van der Waals surface area contributed by atoms with Crippen molar-refractivity contribution in [2.24, 2.45) is 5.92 Å². The van der Waals surface area contributed by atoms with E-state index in [2.05, 4.69) is 25.5 Å². The molecule has 2 aromatic rings. The van der Waals surface area contributed by atoms with Crippen LogP contribution in [0.5, 0.6) is 0 Å². The van der Waals surface area contributed by atoms with Crippen LogP contribution < -0.4 is 5.32 Å². The molecule has 1 aliphatic heterocycles. The number of hydrogen-bond donors (Lipinski definition) is 1. The van der Waals surface area contributed by atoms with Crippen LogP contribution >= 0.6 is 0 Å². The number of nitrogens with zero attached hydrogens (tertiary/aromatic N) is 5. The van der Waals surface area contributed by atoms with Crippen LogP contribution in [0, 0.1) is 5.92 Å². The average Bonchev–Trinajstić information content (AvgIpc) is 2.63. The van der Waals surface area contributed by atoms with E-state index in [0.29, 0.717) is 11.6 Å². The number of carbonyl (C=O) groups excluding carboxylic acids is 1. The summed E-state index contributed by atoms with van der Waals surface area (Å²) in [5.74, 6) is 1.12. The van der Waals surface area contributed by atoms with E-state index in [1.807, 2.05) is 24.1 Å². The van der Waals surface area contributed by atoms with Crippen LogP contribution in [0.3, 0.4) is 0 Å². The van der Waals surface area contributed by atoms with Crippen LogP contribution in [-0.2, 0) is 6.42 Å². The second kappa shape index (κ2) is 7.13. The molecule has 120 valence electrons. The quantitative estimate of drug-likeness (QED) is 0.919. The highest BCUT2D eigenvalue weighted by atomic mass is 16.2. The number of piperidine rings is 1. The van der Waals surface area contributed by atoms with Crippen molar-refractivity contribution in [2.75, 3.05) is 25.5 Å². The largest absolute Gasteiger partial charge is 0.372 e. The monoisotopic (exact) mass is 312 g/mol. The van der Waals surface area contributed by atoms with Gasteiger partial charge in [-0.15, -0.1) is 5.10 Å². The molecule has 0 aliphatic carbocycles. The van der Waals surface area contributed by atoms with Crippen molar-refractivity contribution >= 4 is 11.7 Å². The zero-order valence-electron chi connectivity index (χ0n) is 13.1. The molecule has 0 saturated carbocycles. The summed E-state index contributed by atoms with van der Waals surface area (Å²) in [5, 5.41) is 11.3. The molecule has 7 heteroatoms. The summed E-state index contributed by atoms with van der Waals surface area (Å²) in [7, 11) is 1.82. The van der Waals surface area contributed by atoms with Crippen molar-refractivity contribution in [3.63, 3.8) is 0 Å². The summed E-state index contributed by atoms with van der Waals surface area (Å²) in [6.07, 6.45) is 7.57. The van der Waals surface area contributed by atoms with Crippen molar-refractivity contribution in [3.8, 4) is 0 Å². The second-order valence-electron chi connectivity index (χ2n) is 5.71. The lowest BCUT2D eigenvalue weighted by molar-refractivity contribution is 0.0666. The van der Waals surface area contributed by atoms with Gasteiger partial charge in [-0.25, -0.2) is 4.98 Å². The lowest BCUT2D eigenvalue weighted by Gasteiger charge is -2.32. The molecule has 1 atom stereocenters. The molecule has 23 heavy (non-hydrogen) atoms. The van der Waals surface area contributed by atoms with Gasteiger partial charge in [0.2, 0.25) is 0 Å². The molecule has 0 bridgehead atoms. The van der Waals surface area contributed by atoms with E-state index in [-0.39, 0.29) is 5.91 Å². The fourth-order valence-corrected chi connectivity index (χ4v) is 2.89. The first-order valence-corrected chi connectivity index (χ1v) is 7.82. The topological polar surface area (TPSA) is 83.9 Å². The molecular weight excluding hydrogens is 292 g/mol. The van der Waals surface area contributed by atoms with Crippen LogP contribution in [0.1, 0.15) is 29.0 Å². The lowest BCUT2D eigenvalue weighted by atomic mass is 9.93. The molecule has 0 radical (unpaired) electrons. The third-order valence-corrected chi connectivity index (χ3v) is 4.06. The molecule has 2 aromatic heterocycles. The molecule has 3 rings (SSSR count). The summed E-state index contributed by atoms with van der Waals surface area (Å²) in [5.41, 5.74) is 1.37. The van der Waals surface area contributed by atoms with Gasteiger partial charge in [0.05, 0.1) is 11.9 Å². The number of anilines is 1. The van der Waals surface area contributed by atoms with Gasteiger partial charge < -0.3 is 10.2 Å². The molecule has 1 amide bonds. The lowest BCUT2D eigenvalue weighted by Crippen LogP contribution is -2.41. The van der Waals surface area contributed by atoms with Gasteiger partial charge in [-0.2, -0.15) is 5.10 Å². The van der Waals surface area contributed by atoms with Crippen LogP contribution in [0.4, 0.5) is 5.82 Å². The Morgan fingerprint density at radius 3 is 2.96 bits per heavy atom. The third kappa shape index (κ3) is 3.80. The molecule has 1 saturated heterocycles. The van der Waals surface area contributed by atoms with Gasteiger partial charge >= 0.3 is 0 Å². The van der Waals surface area contributed by atoms with Crippen molar-refractivity contribution in [3.05, 3.63) is 42.1 Å².